The minimum absolute atomic E-state index is 0.241. The van der Waals surface area contributed by atoms with Gasteiger partial charge in [-0.1, -0.05) is 44.0 Å². The Morgan fingerprint density at radius 3 is 2.68 bits per heavy atom. The second kappa shape index (κ2) is 8.83. The van der Waals surface area contributed by atoms with E-state index in [4.69, 9.17) is 9.05 Å². The van der Waals surface area contributed by atoms with Crippen LogP contribution >= 0.6 is 7.82 Å². The van der Waals surface area contributed by atoms with Crippen molar-refractivity contribution in [2.75, 3.05) is 13.2 Å². The molecule has 0 amide bonds. The quantitative estimate of drug-likeness (QED) is 0.522. The zero-order valence-corrected chi connectivity index (χ0v) is 14.3. The molecule has 0 radical (unpaired) electrons. The average Bonchev–Trinajstić information content (AvgIpc) is 3.04. The molecule has 2 rings (SSSR count). The van der Waals surface area contributed by atoms with Crippen LogP contribution in [0.3, 0.4) is 0 Å². The standard InChI is InChI=1S/C17H27O4P/c1-2-12-20-22(18,19)21-13-6-8-15-7-5-11-17(14-15)16-9-3-4-10-16/h5,7,11,14,16H,2-4,6,8-10,12-13H2,1H3,(H,18,19). The summed E-state index contributed by atoms with van der Waals surface area (Å²) in [6.07, 6.45) is 7.55. The van der Waals surface area contributed by atoms with E-state index < -0.39 is 7.82 Å². The zero-order valence-electron chi connectivity index (χ0n) is 13.4. The topological polar surface area (TPSA) is 55.8 Å². The predicted molar refractivity (Wildman–Crippen MR) is 88.0 cm³/mol. The lowest BCUT2D eigenvalue weighted by molar-refractivity contribution is 0.148. The average molecular weight is 326 g/mol. The third-order valence-electron chi connectivity index (χ3n) is 4.10. The van der Waals surface area contributed by atoms with Crippen molar-refractivity contribution in [3.63, 3.8) is 0 Å². The van der Waals surface area contributed by atoms with E-state index in [9.17, 15) is 9.46 Å². The van der Waals surface area contributed by atoms with Crippen molar-refractivity contribution in [1.82, 2.24) is 0 Å². The smallest absolute Gasteiger partial charge is 0.302 e. The van der Waals surface area contributed by atoms with Crippen LogP contribution in [0.5, 0.6) is 0 Å². The maximum atomic E-state index is 11.5. The highest BCUT2D eigenvalue weighted by molar-refractivity contribution is 7.47. The van der Waals surface area contributed by atoms with Crippen molar-refractivity contribution in [3.8, 4) is 0 Å². The van der Waals surface area contributed by atoms with E-state index in [0.717, 1.165) is 12.3 Å². The minimum atomic E-state index is -3.86. The molecule has 0 bridgehead atoms. The largest absolute Gasteiger partial charge is 0.472 e. The summed E-state index contributed by atoms with van der Waals surface area (Å²) in [5.41, 5.74) is 2.71. The highest BCUT2D eigenvalue weighted by atomic mass is 31.2. The van der Waals surface area contributed by atoms with E-state index in [-0.39, 0.29) is 13.2 Å². The van der Waals surface area contributed by atoms with Crippen molar-refractivity contribution in [2.45, 2.75) is 57.8 Å². The van der Waals surface area contributed by atoms with Crippen molar-refractivity contribution in [2.24, 2.45) is 0 Å². The Morgan fingerprint density at radius 1 is 1.23 bits per heavy atom. The van der Waals surface area contributed by atoms with Gasteiger partial charge in [-0.05, 0) is 49.1 Å². The molecule has 1 unspecified atom stereocenters. The molecule has 5 heteroatoms. The molecule has 1 aromatic carbocycles. The van der Waals surface area contributed by atoms with Gasteiger partial charge in [-0.3, -0.25) is 9.05 Å². The van der Waals surface area contributed by atoms with E-state index >= 15 is 0 Å². The molecular formula is C17H27O4P. The summed E-state index contributed by atoms with van der Waals surface area (Å²) in [6, 6.07) is 8.73. The van der Waals surface area contributed by atoms with Gasteiger partial charge in [0.05, 0.1) is 13.2 Å². The van der Waals surface area contributed by atoms with Crippen LogP contribution in [-0.2, 0) is 20.0 Å². The van der Waals surface area contributed by atoms with Crippen LogP contribution in [0.15, 0.2) is 24.3 Å². The second-order valence-corrected chi connectivity index (χ2v) is 7.42. The van der Waals surface area contributed by atoms with Gasteiger partial charge >= 0.3 is 7.82 Å². The Bertz CT molecular complexity index is 497. The fraction of sp³-hybridized carbons (Fsp3) is 0.647. The molecule has 1 saturated carbocycles. The first-order valence-electron chi connectivity index (χ1n) is 8.31. The molecule has 1 atom stereocenters. The first kappa shape index (κ1) is 17.7. The van der Waals surface area contributed by atoms with Gasteiger partial charge < -0.3 is 4.89 Å². The van der Waals surface area contributed by atoms with Crippen molar-refractivity contribution >= 4 is 7.82 Å². The SMILES string of the molecule is CCCOP(=O)(O)OCCCc1cccc(C2CCCC2)c1. The first-order chi connectivity index (χ1) is 10.6. The van der Waals surface area contributed by atoms with Crippen molar-refractivity contribution < 1.29 is 18.5 Å². The van der Waals surface area contributed by atoms with Gasteiger partial charge in [-0.25, -0.2) is 4.57 Å². The number of phosphoric ester groups is 1. The Morgan fingerprint density at radius 2 is 1.95 bits per heavy atom. The minimum Gasteiger partial charge on any atom is -0.302 e. The van der Waals surface area contributed by atoms with E-state index in [2.05, 4.69) is 24.3 Å². The van der Waals surface area contributed by atoms with E-state index in [1.54, 1.807) is 0 Å². The molecular weight excluding hydrogens is 299 g/mol. The van der Waals surface area contributed by atoms with Gasteiger partial charge in [0.2, 0.25) is 0 Å². The Kier molecular flexibility index (Phi) is 7.10. The fourth-order valence-corrected chi connectivity index (χ4v) is 3.81. The molecule has 1 N–H and O–H groups in total. The Hall–Kier alpha value is -0.670. The highest BCUT2D eigenvalue weighted by Gasteiger charge is 2.20. The maximum Gasteiger partial charge on any atom is 0.472 e. The lowest BCUT2D eigenvalue weighted by Crippen LogP contribution is -2.00. The molecule has 1 fully saturated rings. The number of hydrogen-bond donors (Lipinski definition) is 1. The van der Waals surface area contributed by atoms with E-state index in [0.29, 0.717) is 12.8 Å². The molecule has 0 spiro atoms. The summed E-state index contributed by atoms with van der Waals surface area (Å²) in [5, 5.41) is 0. The molecule has 1 aromatic rings. The van der Waals surface area contributed by atoms with Gasteiger partial charge in [0, 0.05) is 0 Å². The number of benzene rings is 1. The lowest BCUT2D eigenvalue weighted by atomic mass is 9.95. The van der Waals surface area contributed by atoms with Crippen molar-refractivity contribution in [3.05, 3.63) is 35.4 Å². The predicted octanol–water partition coefficient (Wildman–Crippen LogP) is 4.82. The van der Waals surface area contributed by atoms with E-state index in [1.807, 2.05) is 6.92 Å². The zero-order chi connectivity index (χ0) is 15.8. The number of rotatable bonds is 9. The summed E-state index contributed by atoms with van der Waals surface area (Å²) >= 11 is 0. The van der Waals surface area contributed by atoms with Gasteiger partial charge in [0.1, 0.15) is 0 Å². The molecule has 1 aliphatic rings. The van der Waals surface area contributed by atoms with Crippen LogP contribution in [0, 0.1) is 0 Å². The molecule has 1 aliphatic carbocycles. The summed E-state index contributed by atoms with van der Waals surface area (Å²) in [5.74, 6) is 0.719. The third kappa shape index (κ3) is 5.85. The lowest BCUT2D eigenvalue weighted by Gasteiger charge is -2.13. The fourth-order valence-electron chi connectivity index (χ4n) is 2.96. The van der Waals surface area contributed by atoms with Crippen molar-refractivity contribution in [1.29, 1.82) is 0 Å². The number of phosphoric acid groups is 1. The summed E-state index contributed by atoms with van der Waals surface area (Å²) in [7, 11) is -3.86. The third-order valence-corrected chi connectivity index (χ3v) is 5.12. The molecule has 0 aromatic heterocycles. The van der Waals surface area contributed by atoms with E-state index in [1.165, 1.54) is 36.8 Å². The van der Waals surface area contributed by atoms with Gasteiger partial charge in [0.25, 0.3) is 0 Å². The number of hydrogen-bond acceptors (Lipinski definition) is 3. The van der Waals surface area contributed by atoms with Crippen LogP contribution in [0.25, 0.3) is 0 Å². The van der Waals surface area contributed by atoms with Crippen LogP contribution in [-0.4, -0.2) is 18.1 Å². The van der Waals surface area contributed by atoms with Crippen LogP contribution in [0.4, 0.5) is 0 Å². The highest BCUT2D eigenvalue weighted by Crippen LogP contribution is 2.43. The molecule has 22 heavy (non-hydrogen) atoms. The monoisotopic (exact) mass is 326 g/mol. The Balaban J connectivity index is 1.75. The van der Waals surface area contributed by atoms with Gasteiger partial charge in [-0.2, -0.15) is 0 Å². The van der Waals surface area contributed by atoms with Gasteiger partial charge in [0.15, 0.2) is 0 Å². The van der Waals surface area contributed by atoms with Crippen LogP contribution < -0.4 is 0 Å². The molecule has 4 nitrogen and oxygen atoms in total. The summed E-state index contributed by atoms with van der Waals surface area (Å²) in [6.45, 7) is 2.37. The van der Waals surface area contributed by atoms with Crippen LogP contribution in [0.2, 0.25) is 0 Å². The normalized spacial score (nSPS) is 18.5. The first-order valence-corrected chi connectivity index (χ1v) is 9.81. The molecule has 0 saturated heterocycles. The Labute approximate surface area is 133 Å². The molecule has 0 aliphatic heterocycles. The number of aryl methyl sites for hydroxylation is 1. The maximum absolute atomic E-state index is 11.5. The summed E-state index contributed by atoms with van der Waals surface area (Å²) in [4.78, 5) is 9.44. The van der Waals surface area contributed by atoms with Gasteiger partial charge in [-0.15, -0.1) is 0 Å². The molecule has 0 heterocycles. The summed E-state index contributed by atoms with van der Waals surface area (Å²) < 4.78 is 21.3. The van der Waals surface area contributed by atoms with Crippen LogP contribution in [0.1, 0.15) is 62.5 Å². The molecule has 124 valence electrons. The second-order valence-electron chi connectivity index (χ2n) is 5.96.